The molecule has 26 heavy (non-hydrogen) atoms. The van der Waals surface area contributed by atoms with Crippen molar-refractivity contribution >= 4 is 21.9 Å². The predicted octanol–water partition coefficient (Wildman–Crippen LogP) is -0.287. The SMILES string of the molecule is O=C(O)C=CC(=O)N(CCS(=O)(=O)N1CCOCC1)Cc1ccccn1. The van der Waals surface area contributed by atoms with Crippen LogP contribution in [0.4, 0.5) is 0 Å². The molecule has 0 atom stereocenters. The van der Waals surface area contributed by atoms with Gasteiger partial charge in [0.1, 0.15) is 0 Å². The molecule has 1 aliphatic rings. The topological polar surface area (TPSA) is 117 Å². The molecule has 0 saturated carbocycles. The number of morpholine rings is 1. The summed E-state index contributed by atoms with van der Waals surface area (Å²) in [5.74, 6) is -2.10. The van der Waals surface area contributed by atoms with Crippen LogP contribution in [0.3, 0.4) is 0 Å². The number of carbonyl (C=O) groups is 2. The van der Waals surface area contributed by atoms with E-state index in [1.165, 1.54) is 9.21 Å². The van der Waals surface area contributed by atoms with Crippen molar-refractivity contribution in [2.24, 2.45) is 0 Å². The minimum atomic E-state index is -3.54. The van der Waals surface area contributed by atoms with Crippen LogP contribution in [0.25, 0.3) is 0 Å². The van der Waals surface area contributed by atoms with Crippen LogP contribution in [0, 0.1) is 0 Å². The standard InChI is InChI=1S/C16H21N3O6S/c20-15(4-5-16(21)22)18(13-14-3-1-2-6-17-14)9-12-26(23,24)19-7-10-25-11-8-19/h1-6H,7-13H2,(H,21,22). The summed E-state index contributed by atoms with van der Waals surface area (Å²) in [6.45, 7) is 1.28. The Balaban J connectivity index is 2.07. The number of nitrogens with zero attached hydrogens (tertiary/aromatic N) is 3. The van der Waals surface area contributed by atoms with Crippen LogP contribution >= 0.6 is 0 Å². The molecule has 1 N–H and O–H groups in total. The summed E-state index contributed by atoms with van der Waals surface area (Å²) in [6, 6.07) is 5.18. The molecular formula is C16H21N3O6S. The number of hydrogen-bond donors (Lipinski definition) is 1. The van der Waals surface area contributed by atoms with Crippen molar-refractivity contribution in [1.82, 2.24) is 14.2 Å². The first-order valence-corrected chi connectivity index (χ1v) is 9.65. The Kier molecular flexibility index (Phi) is 7.25. The van der Waals surface area contributed by atoms with E-state index >= 15 is 0 Å². The normalized spacial score (nSPS) is 15.8. The largest absolute Gasteiger partial charge is 0.478 e. The molecule has 1 aromatic heterocycles. The average molecular weight is 383 g/mol. The zero-order valence-corrected chi connectivity index (χ0v) is 15.0. The van der Waals surface area contributed by atoms with Crippen molar-refractivity contribution in [3.8, 4) is 0 Å². The highest BCUT2D eigenvalue weighted by Crippen LogP contribution is 2.08. The molecule has 9 nitrogen and oxygen atoms in total. The third kappa shape index (κ3) is 6.21. The molecular weight excluding hydrogens is 362 g/mol. The van der Waals surface area contributed by atoms with Crippen molar-refractivity contribution in [2.45, 2.75) is 6.54 Å². The van der Waals surface area contributed by atoms with E-state index in [1.54, 1.807) is 24.4 Å². The molecule has 1 aliphatic heterocycles. The third-order valence-corrected chi connectivity index (χ3v) is 5.59. The molecule has 1 aromatic rings. The molecule has 0 radical (unpaired) electrons. The highest BCUT2D eigenvalue weighted by Gasteiger charge is 2.25. The monoisotopic (exact) mass is 383 g/mol. The molecule has 1 saturated heterocycles. The van der Waals surface area contributed by atoms with Crippen molar-refractivity contribution < 1.29 is 27.9 Å². The van der Waals surface area contributed by atoms with Gasteiger partial charge in [0.05, 0.1) is 31.2 Å². The van der Waals surface area contributed by atoms with Crippen LogP contribution in [0.1, 0.15) is 5.69 Å². The van der Waals surface area contributed by atoms with E-state index in [0.717, 1.165) is 12.2 Å². The van der Waals surface area contributed by atoms with Crippen LogP contribution in [0.2, 0.25) is 0 Å². The van der Waals surface area contributed by atoms with Gasteiger partial charge in [-0.15, -0.1) is 0 Å². The number of carbonyl (C=O) groups excluding carboxylic acids is 1. The van der Waals surface area contributed by atoms with E-state index in [1.807, 2.05) is 0 Å². The van der Waals surface area contributed by atoms with Crippen molar-refractivity contribution in [2.75, 3.05) is 38.6 Å². The number of carboxylic acid groups (broad SMARTS) is 1. The Bertz CT molecular complexity index is 745. The number of rotatable bonds is 8. The zero-order chi connectivity index (χ0) is 19.0. The molecule has 0 aliphatic carbocycles. The number of sulfonamides is 1. The van der Waals surface area contributed by atoms with E-state index in [-0.39, 0.29) is 31.9 Å². The van der Waals surface area contributed by atoms with Gasteiger partial charge < -0.3 is 14.7 Å². The number of aliphatic carboxylic acids is 1. The van der Waals surface area contributed by atoms with Gasteiger partial charge in [0.2, 0.25) is 15.9 Å². The molecule has 0 bridgehead atoms. The highest BCUT2D eigenvalue weighted by atomic mass is 32.2. The maximum atomic E-state index is 12.4. The average Bonchev–Trinajstić information content (AvgIpc) is 2.64. The number of pyridine rings is 1. The molecule has 142 valence electrons. The first-order valence-electron chi connectivity index (χ1n) is 8.04. The van der Waals surface area contributed by atoms with E-state index in [2.05, 4.69) is 4.98 Å². The predicted molar refractivity (Wildman–Crippen MR) is 92.6 cm³/mol. The van der Waals surface area contributed by atoms with E-state index in [0.29, 0.717) is 18.9 Å². The van der Waals surface area contributed by atoms with Crippen molar-refractivity contribution in [3.63, 3.8) is 0 Å². The molecule has 0 spiro atoms. The van der Waals surface area contributed by atoms with Gasteiger partial charge >= 0.3 is 5.97 Å². The van der Waals surface area contributed by atoms with Gasteiger partial charge in [-0.3, -0.25) is 9.78 Å². The lowest BCUT2D eigenvalue weighted by Crippen LogP contribution is -2.44. The second kappa shape index (κ2) is 9.41. The quantitative estimate of drug-likeness (QED) is 0.613. The van der Waals surface area contributed by atoms with Gasteiger partial charge in [-0.05, 0) is 12.1 Å². The highest BCUT2D eigenvalue weighted by molar-refractivity contribution is 7.89. The van der Waals surface area contributed by atoms with E-state index < -0.39 is 21.9 Å². The summed E-state index contributed by atoms with van der Waals surface area (Å²) < 4.78 is 31.4. The third-order valence-electron chi connectivity index (χ3n) is 3.74. The van der Waals surface area contributed by atoms with Gasteiger partial charge in [0.15, 0.2) is 0 Å². The van der Waals surface area contributed by atoms with Crippen molar-refractivity contribution in [1.29, 1.82) is 0 Å². The molecule has 1 amide bonds. The van der Waals surface area contributed by atoms with Crippen molar-refractivity contribution in [3.05, 3.63) is 42.2 Å². The van der Waals surface area contributed by atoms with Crippen LogP contribution in [-0.4, -0.2) is 78.2 Å². The number of ether oxygens (including phenoxy) is 1. The number of hydrogen-bond acceptors (Lipinski definition) is 6. The Hall–Kier alpha value is -2.30. The van der Waals surface area contributed by atoms with Crippen LogP contribution in [-0.2, 0) is 30.9 Å². The molecule has 10 heteroatoms. The maximum Gasteiger partial charge on any atom is 0.328 e. The minimum Gasteiger partial charge on any atom is -0.478 e. The van der Waals surface area contributed by atoms with Gasteiger partial charge in [0, 0.05) is 38.0 Å². The van der Waals surface area contributed by atoms with E-state index in [9.17, 15) is 18.0 Å². The molecule has 2 heterocycles. The summed E-state index contributed by atoms with van der Waals surface area (Å²) in [4.78, 5) is 28.3. The maximum absolute atomic E-state index is 12.4. The summed E-state index contributed by atoms with van der Waals surface area (Å²) in [7, 11) is -3.54. The van der Waals surface area contributed by atoms with Crippen LogP contribution in [0.5, 0.6) is 0 Å². The molecule has 0 aromatic carbocycles. The lowest BCUT2D eigenvalue weighted by molar-refractivity contribution is -0.132. The van der Waals surface area contributed by atoms with Gasteiger partial charge in [-0.25, -0.2) is 13.2 Å². The fraction of sp³-hybridized carbons (Fsp3) is 0.438. The number of carboxylic acids is 1. The van der Waals surface area contributed by atoms with Gasteiger partial charge in [-0.2, -0.15) is 4.31 Å². The Morgan fingerprint density at radius 1 is 1.27 bits per heavy atom. The summed E-state index contributed by atoms with van der Waals surface area (Å²) >= 11 is 0. The summed E-state index contributed by atoms with van der Waals surface area (Å²) in [5, 5.41) is 8.68. The second-order valence-electron chi connectivity index (χ2n) is 5.58. The first kappa shape index (κ1) is 20.0. The lowest BCUT2D eigenvalue weighted by Gasteiger charge is -2.27. The van der Waals surface area contributed by atoms with E-state index in [4.69, 9.17) is 9.84 Å². The molecule has 2 rings (SSSR count). The summed E-state index contributed by atoms with van der Waals surface area (Å²) in [5.41, 5.74) is 0.577. The zero-order valence-electron chi connectivity index (χ0n) is 14.2. The number of aromatic nitrogens is 1. The second-order valence-corrected chi connectivity index (χ2v) is 7.67. The fourth-order valence-electron chi connectivity index (χ4n) is 2.38. The summed E-state index contributed by atoms with van der Waals surface area (Å²) in [6.07, 6.45) is 3.20. The van der Waals surface area contributed by atoms with Gasteiger partial charge in [-0.1, -0.05) is 6.07 Å². The van der Waals surface area contributed by atoms with Crippen LogP contribution < -0.4 is 0 Å². The van der Waals surface area contributed by atoms with Gasteiger partial charge in [0.25, 0.3) is 0 Å². The molecule has 1 fully saturated rings. The molecule has 0 unspecified atom stereocenters. The number of amides is 1. The fourth-order valence-corrected chi connectivity index (χ4v) is 3.80. The lowest BCUT2D eigenvalue weighted by atomic mass is 10.3. The van der Waals surface area contributed by atoms with Crippen LogP contribution in [0.15, 0.2) is 36.5 Å². The Morgan fingerprint density at radius 2 is 2.00 bits per heavy atom. The Morgan fingerprint density at radius 3 is 2.62 bits per heavy atom. The smallest absolute Gasteiger partial charge is 0.328 e. The minimum absolute atomic E-state index is 0.0704. The first-order chi connectivity index (χ1) is 12.4. The Labute approximate surface area is 151 Å².